The molecule has 0 spiro atoms. The molecule has 11 heteroatoms. The van der Waals surface area contributed by atoms with Gasteiger partial charge in [-0.1, -0.05) is 6.07 Å². The molecular formula is C25H30F2N6O3. The number of benzene rings is 1. The number of aliphatic hydroxyl groups is 1. The molecule has 9 nitrogen and oxygen atoms in total. The topological polar surface area (TPSA) is 110 Å². The van der Waals surface area contributed by atoms with Crippen LogP contribution in [-0.2, 0) is 11.3 Å². The summed E-state index contributed by atoms with van der Waals surface area (Å²) in [4.78, 5) is 16.9. The Bertz CT molecular complexity index is 1350. The molecule has 1 fully saturated rings. The number of aliphatic hydroxyl groups excluding tert-OH is 1. The first kappa shape index (κ1) is 24.4. The molecule has 0 atom stereocenters. The molecule has 4 aromatic rings. The molecule has 1 aliphatic carbocycles. The smallest absolute Gasteiger partial charge is 0.256 e. The van der Waals surface area contributed by atoms with Crippen LogP contribution in [0.5, 0.6) is 5.88 Å². The second-order valence-corrected chi connectivity index (χ2v) is 9.06. The number of nitrogens with zero attached hydrogens (tertiary/aromatic N) is 4. The summed E-state index contributed by atoms with van der Waals surface area (Å²) in [5.41, 5.74) is 3.59. The van der Waals surface area contributed by atoms with E-state index in [1.165, 1.54) is 4.57 Å². The van der Waals surface area contributed by atoms with Crippen LogP contribution in [0.25, 0.3) is 33.2 Å². The SMILES string of the molecule is COc1nc(NC2CCC(OCCO)CC2)nc2[nH]cc(-c3ccc4nc(C)n(CC(F)F)c4c3)c12. The molecule has 0 unspecified atom stereocenters. The minimum atomic E-state index is -2.47. The summed E-state index contributed by atoms with van der Waals surface area (Å²) in [7, 11) is 1.57. The standard InChI is InChI=1S/C25H30F2N6O3/c1-14-29-19-8-3-15(11-20(19)33(14)13-21(26)27)18-12-28-23-22(18)24(35-2)32-25(31-23)30-16-4-6-17(7-5-16)36-10-9-34/h3,8,11-12,16-17,21,34H,4-7,9-10,13H2,1-2H3,(H2,28,30,31,32). The van der Waals surface area contributed by atoms with Crippen LogP contribution in [0, 0.1) is 6.92 Å². The number of fused-ring (bicyclic) bond motifs is 2. The molecule has 0 bridgehead atoms. The lowest BCUT2D eigenvalue weighted by Crippen LogP contribution is -2.30. The van der Waals surface area contributed by atoms with Crippen LogP contribution in [0.2, 0.25) is 0 Å². The fraction of sp³-hybridized carbons (Fsp3) is 0.480. The highest BCUT2D eigenvalue weighted by molar-refractivity contribution is 5.99. The highest BCUT2D eigenvalue weighted by Crippen LogP contribution is 2.36. The summed E-state index contributed by atoms with van der Waals surface area (Å²) in [5.74, 6) is 1.46. The van der Waals surface area contributed by atoms with Crippen LogP contribution in [-0.4, -0.2) is 68.5 Å². The average molecular weight is 501 g/mol. The van der Waals surface area contributed by atoms with Crippen molar-refractivity contribution in [2.24, 2.45) is 0 Å². The summed E-state index contributed by atoms with van der Waals surface area (Å²) in [5, 5.41) is 13.1. The van der Waals surface area contributed by atoms with E-state index in [0.29, 0.717) is 40.9 Å². The number of H-pyrrole nitrogens is 1. The van der Waals surface area contributed by atoms with Gasteiger partial charge in [0.05, 0.1) is 49.4 Å². The molecule has 1 aromatic carbocycles. The Morgan fingerprint density at radius 2 is 2.00 bits per heavy atom. The first-order valence-electron chi connectivity index (χ1n) is 12.1. The molecule has 36 heavy (non-hydrogen) atoms. The van der Waals surface area contributed by atoms with Crippen molar-refractivity contribution in [2.75, 3.05) is 25.6 Å². The number of aromatic nitrogens is 5. The third-order valence-electron chi connectivity index (χ3n) is 6.71. The monoisotopic (exact) mass is 500 g/mol. The summed E-state index contributed by atoms with van der Waals surface area (Å²) in [6, 6.07) is 5.83. The van der Waals surface area contributed by atoms with Gasteiger partial charge in [-0.3, -0.25) is 0 Å². The molecule has 5 rings (SSSR count). The number of hydrogen-bond donors (Lipinski definition) is 3. The number of imidazole rings is 1. The van der Waals surface area contributed by atoms with E-state index in [1.54, 1.807) is 14.0 Å². The summed E-state index contributed by atoms with van der Waals surface area (Å²) in [6.07, 6.45) is 3.19. The number of rotatable bonds is 9. The van der Waals surface area contributed by atoms with Crippen LogP contribution in [0.1, 0.15) is 31.5 Å². The van der Waals surface area contributed by atoms with Crippen LogP contribution in [0.15, 0.2) is 24.4 Å². The maximum Gasteiger partial charge on any atom is 0.256 e. The second-order valence-electron chi connectivity index (χ2n) is 9.06. The third kappa shape index (κ3) is 4.85. The zero-order chi connectivity index (χ0) is 25.2. The third-order valence-corrected chi connectivity index (χ3v) is 6.71. The van der Waals surface area contributed by atoms with Gasteiger partial charge in [0.1, 0.15) is 11.5 Å². The van der Waals surface area contributed by atoms with Crippen molar-refractivity contribution in [3.05, 3.63) is 30.2 Å². The van der Waals surface area contributed by atoms with Gasteiger partial charge >= 0.3 is 0 Å². The highest BCUT2D eigenvalue weighted by atomic mass is 19.3. The van der Waals surface area contributed by atoms with E-state index in [4.69, 9.17) is 14.6 Å². The van der Waals surface area contributed by atoms with Gasteiger partial charge in [0, 0.05) is 17.8 Å². The van der Waals surface area contributed by atoms with Crippen molar-refractivity contribution in [3.8, 4) is 17.0 Å². The predicted octanol–water partition coefficient (Wildman–Crippen LogP) is 4.29. The molecule has 0 radical (unpaired) electrons. The van der Waals surface area contributed by atoms with Gasteiger partial charge in [0.15, 0.2) is 0 Å². The predicted molar refractivity (Wildman–Crippen MR) is 133 cm³/mol. The lowest BCUT2D eigenvalue weighted by atomic mass is 9.93. The minimum Gasteiger partial charge on any atom is -0.480 e. The van der Waals surface area contributed by atoms with E-state index in [1.807, 2.05) is 24.4 Å². The van der Waals surface area contributed by atoms with Gasteiger partial charge < -0.3 is 29.4 Å². The molecule has 0 amide bonds. The Balaban J connectivity index is 1.42. The Labute approximate surface area is 206 Å². The van der Waals surface area contributed by atoms with Gasteiger partial charge in [-0.05, 0) is 50.3 Å². The van der Waals surface area contributed by atoms with Gasteiger partial charge in [-0.15, -0.1) is 0 Å². The molecule has 0 aliphatic heterocycles. The number of aromatic amines is 1. The number of methoxy groups -OCH3 is 1. The van der Waals surface area contributed by atoms with Gasteiger partial charge in [-0.2, -0.15) is 9.97 Å². The van der Waals surface area contributed by atoms with Crippen LogP contribution >= 0.6 is 0 Å². The number of anilines is 1. The lowest BCUT2D eigenvalue weighted by Gasteiger charge is -2.29. The molecule has 192 valence electrons. The Morgan fingerprint density at radius 1 is 1.19 bits per heavy atom. The summed E-state index contributed by atoms with van der Waals surface area (Å²) < 4.78 is 39.1. The fourth-order valence-electron chi connectivity index (χ4n) is 4.99. The van der Waals surface area contributed by atoms with E-state index in [9.17, 15) is 8.78 Å². The van der Waals surface area contributed by atoms with Crippen LogP contribution in [0.3, 0.4) is 0 Å². The summed E-state index contributed by atoms with van der Waals surface area (Å²) >= 11 is 0. The zero-order valence-corrected chi connectivity index (χ0v) is 20.3. The van der Waals surface area contributed by atoms with E-state index in [0.717, 1.165) is 42.2 Å². The van der Waals surface area contributed by atoms with Crippen molar-refractivity contribution in [1.82, 2.24) is 24.5 Å². The minimum absolute atomic E-state index is 0.0385. The van der Waals surface area contributed by atoms with Gasteiger partial charge in [-0.25, -0.2) is 13.8 Å². The second kappa shape index (κ2) is 10.4. The maximum atomic E-state index is 13.2. The molecule has 1 saturated carbocycles. The molecule has 0 saturated heterocycles. The average Bonchev–Trinajstić information content (AvgIpc) is 3.43. The highest BCUT2D eigenvalue weighted by Gasteiger charge is 2.23. The quantitative estimate of drug-likeness (QED) is 0.315. The van der Waals surface area contributed by atoms with Crippen molar-refractivity contribution >= 4 is 28.0 Å². The number of halogens is 2. The van der Waals surface area contributed by atoms with Crippen LogP contribution < -0.4 is 10.1 Å². The Morgan fingerprint density at radius 3 is 2.72 bits per heavy atom. The summed E-state index contributed by atoms with van der Waals surface area (Å²) in [6.45, 7) is 1.73. The zero-order valence-electron chi connectivity index (χ0n) is 20.3. The Hall–Kier alpha value is -3.31. The van der Waals surface area contributed by atoms with Gasteiger partial charge in [0.2, 0.25) is 11.8 Å². The molecule has 3 heterocycles. The number of ether oxygens (including phenoxy) is 2. The largest absolute Gasteiger partial charge is 0.480 e. The molecular weight excluding hydrogens is 470 g/mol. The van der Waals surface area contributed by atoms with Crippen molar-refractivity contribution < 1.29 is 23.4 Å². The number of aryl methyl sites for hydroxylation is 1. The number of nitrogens with one attached hydrogen (secondary N) is 2. The first-order chi connectivity index (χ1) is 17.5. The van der Waals surface area contributed by atoms with Crippen molar-refractivity contribution in [2.45, 2.75) is 57.7 Å². The fourth-order valence-corrected chi connectivity index (χ4v) is 4.99. The number of alkyl halides is 2. The van der Waals surface area contributed by atoms with Crippen LogP contribution in [0.4, 0.5) is 14.7 Å². The molecule has 3 aromatic heterocycles. The first-order valence-corrected chi connectivity index (χ1v) is 12.1. The van der Waals surface area contributed by atoms with E-state index < -0.39 is 13.0 Å². The maximum absolute atomic E-state index is 13.2. The van der Waals surface area contributed by atoms with E-state index in [2.05, 4.69) is 25.3 Å². The normalized spacial score (nSPS) is 18.4. The lowest BCUT2D eigenvalue weighted by molar-refractivity contribution is 0.00719. The van der Waals surface area contributed by atoms with Gasteiger partial charge in [0.25, 0.3) is 6.43 Å². The van der Waals surface area contributed by atoms with E-state index >= 15 is 0 Å². The Kier molecular flexibility index (Phi) is 7.01. The molecule has 3 N–H and O–H groups in total. The van der Waals surface area contributed by atoms with E-state index in [-0.39, 0.29) is 18.8 Å². The van der Waals surface area contributed by atoms with Crippen molar-refractivity contribution in [1.29, 1.82) is 0 Å². The molecule has 1 aliphatic rings. The number of hydrogen-bond acceptors (Lipinski definition) is 7. The van der Waals surface area contributed by atoms with Crippen molar-refractivity contribution in [3.63, 3.8) is 0 Å².